The van der Waals surface area contributed by atoms with Gasteiger partial charge in [0.2, 0.25) is 0 Å². The lowest BCUT2D eigenvalue weighted by Crippen LogP contribution is -2.60. The number of hydrazine groups is 1. The van der Waals surface area contributed by atoms with Gasteiger partial charge < -0.3 is 24.1 Å². The molecule has 6 bridgehead atoms. The number of ether oxygens (including phenoxy) is 3. The Hall–Kier alpha value is -4.82. The van der Waals surface area contributed by atoms with Crippen LogP contribution in [-0.2, 0) is 50.2 Å². The maximum Gasteiger partial charge on any atom is 0.408 e. The van der Waals surface area contributed by atoms with Crippen LogP contribution in [0.3, 0.4) is 0 Å². The van der Waals surface area contributed by atoms with Crippen molar-refractivity contribution in [3.63, 3.8) is 0 Å². The highest BCUT2D eigenvalue weighted by Gasteiger charge is 2.36. The van der Waals surface area contributed by atoms with E-state index in [-0.39, 0.29) is 19.1 Å². The van der Waals surface area contributed by atoms with Crippen LogP contribution in [0.4, 0.5) is 4.79 Å². The first-order valence-electron chi connectivity index (χ1n) is 18.4. The van der Waals surface area contributed by atoms with E-state index >= 15 is 0 Å². The number of benzene rings is 1. The molecule has 3 atom stereocenters. The first-order valence-corrected chi connectivity index (χ1v) is 18.4. The number of carbonyl (C=O) groups is 3. The van der Waals surface area contributed by atoms with Gasteiger partial charge in [0.15, 0.2) is 11.6 Å². The number of pyridine rings is 1. The summed E-state index contributed by atoms with van der Waals surface area (Å²) in [6.45, 7) is 14.8. The molecule has 0 spiro atoms. The van der Waals surface area contributed by atoms with Crippen molar-refractivity contribution in [3.8, 4) is 22.6 Å². The van der Waals surface area contributed by atoms with Gasteiger partial charge in [-0.15, -0.1) is 0 Å². The van der Waals surface area contributed by atoms with Gasteiger partial charge in [0.1, 0.15) is 17.7 Å². The highest BCUT2D eigenvalue weighted by atomic mass is 16.6. The molecule has 0 unspecified atom stereocenters. The number of methoxy groups -OCH3 is 1. The predicted molar refractivity (Wildman–Crippen MR) is 199 cm³/mol. The third kappa shape index (κ3) is 8.08. The average molecular weight is 729 g/mol. The van der Waals surface area contributed by atoms with E-state index < -0.39 is 41.1 Å². The second-order valence-corrected chi connectivity index (χ2v) is 15.8. The molecular weight excluding hydrogens is 676 g/mol. The fourth-order valence-corrected chi connectivity index (χ4v) is 7.24. The number of carbonyl (C=O) groups excluding carboxylic acids is 3. The summed E-state index contributed by atoms with van der Waals surface area (Å²) in [4.78, 5) is 50.3. The number of fused-ring (bicyclic) bond motifs is 6. The monoisotopic (exact) mass is 728 g/mol. The summed E-state index contributed by atoms with van der Waals surface area (Å²) < 4.78 is 21.3. The summed E-state index contributed by atoms with van der Waals surface area (Å²) in [5.74, 6) is 0.114. The molecule has 1 saturated heterocycles. The first kappa shape index (κ1) is 37.9. The summed E-state index contributed by atoms with van der Waals surface area (Å²) >= 11 is 0. The lowest BCUT2D eigenvalue weighted by molar-refractivity contribution is -0.155. The highest BCUT2D eigenvalue weighted by molar-refractivity contribution is 5.95. The van der Waals surface area contributed by atoms with E-state index in [2.05, 4.69) is 54.3 Å². The third-order valence-corrected chi connectivity index (χ3v) is 9.75. The van der Waals surface area contributed by atoms with Crippen LogP contribution >= 0.6 is 0 Å². The summed E-state index contributed by atoms with van der Waals surface area (Å²) in [6, 6.07) is 8.50. The molecule has 4 aromatic rings. The standard InChI is InChI=1S/C39H52N8O6/c1-10-46-30-16-15-24-19-26(30)27(33(46)25-13-11-17-40-32(25)23(2)51-9)21-39(6,7)22-52-36(49)28-14-12-18-47(43-28)35(48)29(41-37(50)53-38(3,4)5)20-31-42-34(24)45(8)44-31/h11,13,15-17,19,23,28-29,43H,10,12,14,18,20-22H2,1-9H3,(H,41,50)/t23-,28-,29-/m0/s1. The van der Waals surface area contributed by atoms with Gasteiger partial charge in [-0.05, 0) is 89.8 Å². The largest absolute Gasteiger partial charge is 0.464 e. The number of hydrogen-bond acceptors (Lipinski definition) is 10. The molecule has 0 aliphatic carbocycles. The number of aromatic nitrogens is 5. The van der Waals surface area contributed by atoms with Crippen LogP contribution in [0.25, 0.3) is 33.5 Å². The van der Waals surface area contributed by atoms with E-state index in [0.717, 1.165) is 39.0 Å². The number of cyclic esters (lactones) is 1. The zero-order valence-corrected chi connectivity index (χ0v) is 32.3. The first-order chi connectivity index (χ1) is 25.1. The van der Waals surface area contributed by atoms with Crippen LogP contribution in [-0.4, -0.2) is 85.2 Å². The summed E-state index contributed by atoms with van der Waals surface area (Å²) in [5.41, 5.74) is 7.65. The average Bonchev–Trinajstić information content (AvgIpc) is 3.63. The SMILES string of the molecule is CCn1c(-c2cccnc2[C@H](C)OC)c2c3cc(ccc31)-c1nc(nn1C)C[C@H](NC(=O)OC(C)(C)C)C(=O)N1CCC[C@H](N1)C(=O)OCC(C)(C)C2. The molecule has 14 nitrogen and oxygen atoms in total. The molecule has 2 aliphatic rings. The third-order valence-electron chi connectivity index (χ3n) is 9.75. The van der Waals surface area contributed by atoms with Crippen molar-refractivity contribution in [2.45, 2.75) is 104 Å². The van der Waals surface area contributed by atoms with Gasteiger partial charge in [-0.1, -0.05) is 13.8 Å². The number of aryl methyl sites for hydroxylation is 2. The lowest BCUT2D eigenvalue weighted by Gasteiger charge is -2.35. The van der Waals surface area contributed by atoms with Crippen LogP contribution < -0.4 is 10.7 Å². The normalized spacial score (nSPS) is 20.1. The minimum Gasteiger partial charge on any atom is -0.464 e. The number of amides is 2. The maximum atomic E-state index is 14.0. The van der Waals surface area contributed by atoms with Gasteiger partial charge in [0, 0.05) is 67.3 Å². The number of hydrogen-bond donors (Lipinski definition) is 2. The number of nitrogens with zero attached hydrogens (tertiary/aromatic N) is 6. The molecule has 3 aromatic heterocycles. The van der Waals surface area contributed by atoms with E-state index in [0.29, 0.717) is 44.0 Å². The number of nitrogens with one attached hydrogen (secondary N) is 2. The predicted octanol–water partition coefficient (Wildman–Crippen LogP) is 5.28. The van der Waals surface area contributed by atoms with Gasteiger partial charge in [0.25, 0.3) is 5.91 Å². The van der Waals surface area contributed by atoms with Crippen LogP contribution in [0.15, 0.2) is 36.5 Å². The second-order valence-electron chi connectivity index (χ2n) is 15.8. The van der Waals surface area contributed by atoms with Crippen molar-refractivity contribution in [3.05, 3.63) is 53.6 Å². The molecule has 6 rings (SSSR count). The van der Waals surface area contributed by atoms with E-state index in [1.54, 1.807) is 38.8 Å². The van der Waals surface area contributed by atoms with Crippen molar-refractivity contribution in [2.24, 2.45) is 12.5 Å². The van der Waals surface area contributed by atoms with Gasteiger partial charge in [-0.3, -0.25) is 19.6 Å². The van der Waals surface area contributed by atoms with Crippen molar-refractivity contribution >= 4 is 28.9 Å². The highest BCUT2D eigenvalue weighted by Crippen LogP contribution is 2.41. The van der Waals surface area contributed by atoms with E-state index in [1.165, 1.54) is 5.01 Å². The van der Waals surface area contributed by atoms with Gasteiger partial charge >= 0.3 is 12.1 Å². The Labute approximate surface area is 310 Å². The molecular formula is C39H52N8O6. The Kier molecular flexibility index (Phi) is 10.7. The van der Waals surface area contributed by atoms with E-state index in [4.69, 9.17) is 29.3 Å². The Morgan fingerprint density at radius 2 is 1.98 bits per heavy atom. The minimum atomic E-state index is -1.07. The molecule has 53 heavy (non-hydrogen) atoms. The smallest absolute Gasteiger partial charge is 0.408 e. The molecule has 2 aliphatic heterocycles. The van der Waals surface area contributed by atoms with Gasteiger partial charge in [-0.2, -0.15) is 5.10 Å². The van der Waals surface area contributed by atoms with Crippen molar-refractivity contribution in [1.82, 2.24) is 40.1 Å². The molecule has 1 aromatic carbocycles. The zero-order chi connectivity index (χ0) is 38.2. The van der Waals surface area contributed by atoms with Gasteiger partial charge in [-0.25, -0.2) is 19.9 Å². The van der Waals surface area contributed by atoms with Crippen LogP contribution in [0.2, 0.25) is 0 Å². The maximum absolute atomic E-state index is 14.0. The Balaban J connectivity index is 1.52. The van der Waals surface area contributed by atoms with Gasteiger partial charge in [0.05, 0.1) is 24.1 Å². The molecule has 2 amide bonds. The molecule has 0 saturated carbocycles. The lowest BCUT2D eigenvalue weighted by atomic mass is 9.84. The minimum absolute atomic E-state index is 0.00127. The van der Waals surface area contributed by atoms with Crippen LogP contribution in [0, 0.1) is 5.41 Å². The molecule has 0 radical (unpaired) electrons. The molecule has 284 valence electrons. The van der Waals surface area contributed by atoms with Crippen molar-refractivity contribution in [2.75, 3.05) is 20.3 Å². The van der Waals surface area contributed by atoms with E-state index in [1.807, 2.05) is 26.1 Å². The Morgan fingerprint density at radius 1 is 1.21 bits per heavy atom. The zero-order valence-electron chi connectivity index (χ0n) is 32.3. The summed E-state index contributed by atoms with van der Waals surface area (Å²) in [5, 5.41) is 9.87. The topological polar surface area (TPSA) is 155 Å². The second kappa shape index (κ2) is 14.9. The van der Waals surface area contributed by atoms with E-state index in [9.17, 15) is 14.4 Å². The van der Waals surface area contributed by atoms with Crippen molar-refractivity contribution < 1.29 is 28.6 Å². The summed E-state index contributed by atoms with van der Waals surface area (Å²) in [6.07, 6.45) is 2.46. The summed E-state index contributed by atoms with van der Waals surface area (Å²) in [7, 11) is 3.50. The molecule has 1 fully saturated rings. The molecule has 14 heteroatoms. The Morgan fingerprint density at radius 3 is 2.70 bits per heavy atom. The number of rotatable bonds is 5. The number of alkyl carbamates (subject to hydrolysis) is 1. The number of esters is 1. The Bertz CT molecular complexity index is 2010. The quantitative estimate of drug-likeness (QED) is 0.260. The molecule has 2 N–H and O–H groups in total. The fraction of sp³-hybridized carbons (Fsp3) is 0.538. The fourth-order valence-electron chi connectivity index (χ4n) is 7.24. The van der Waals surface area contributed by atoms with Crippen molar-refractivity contribution in [1.29, 1.82) is 0 Å². The molecule has 5 heterocycles. The van der Waals surface area contributed by atoms with Crippen LogP contribution in [0.1, 0.15) is 84.5 Å². The van der Waals surface area contributed by atoms with Crippen LogP contribution in [0.5, 0.6) is 0 Å².